The number of carbonyl (C=O) groups is 1. The van der Waals surface area contributed by atoms with Crippen molar-refractivity contribution >= 4 is 14.2 Å². The molecule has 1 aliphatic rings. The molecule has 4 heteroatoms. The van der Waals surface area contributed by atoms with Crippen LogP contribution in [-0.2, 0) is 9.22 Å². The number of benzene rings is 1. The molecule has 1 saturated heterocycles. The summed E-state index contributed by atoms with van der Waals surface area (Å²) in [5.41, 5.74) is 1.13. The lowest BCUT2D eigenvalue weighted by atomic mass is 10.0. The minimum absolute atomic E-state index is 0.0159. The Morgan fingerprint density at radius 2 is 1.80 bits per heavy atom. The fraction of sp³-hybridized carbons (Fsp3) is 0.562. The number of carbonyl (C=O) groups excluding carboxylic acids is 1. The molecule has 2 rings (SSSR count). The van der Waals surface area contributed by atoms with Crippen LogP contribution in [0.15, 0.2) is 30.3 Å². The molecule has 2 atom stereocenters. The Bertz CT molecular complexity index is 479. The summed E-state index contributed by atoms with van der Waals surface area (Å²) in [6, 6.07) is 10.1. The van der Waals surface area contributed by atoms with Gasteiger partial charge in [-0.1, -0.05) is 51.1 Å². The highest BCUT2D eigenvalue weighted by molar-refractivity contribution is 6.74. The number of nitrogens with one attached hydrogen (secondary N) is 1. The standard InChI is InChI=1S/C16H25NO2Si/c1-16(2,3)20(4,5)19-13-11-14(18)17-15(13)12-9-7-6-8-10-12/h6-10,13,15H,11H2,1-5H3,(H,17,18)/t13-,15-/m1/s1. The van der Waals surface area contributed by atoms with Crippen molar-refractivity contribution in [3.8, 4) is 0 Å². The molecule has 1 fully saturated rings. The molecule has 0 radical (unpaired) electrons. The largest absolute Gasteiger partial charge is 0.411 e. The van der Waals surface area contributed by atoms with E-state index in [-0.39, 0.29) is 23.1 Å². The molecule has 0 saturated carbocycles. The van der Waals surface area contributed by atoms with Crippen LogP contribution in [0, 0.1) is 0 Å². The van der Waals surface area contributed by atoms with Crippen LogP contribution in [0.25, 0.3) is 0 Å². The average Bonchev–Trinajstić information content (AvgIpc) is 2.69. The van der Waals surface area contributed by atoms with E-state index in [0.717, 1.165) is 5.56 Å². The Morgan fingerprint density at radius 1 is 1.20 bits per heavy atom. The van der Waals surface area contributed by atoms with Crippen LogP contribution in [0.5, 0.6) is 0 Å². The van der Waals surface area contributed by atoms with Gasteiger partial charge in [0.15, 0.2) is 8.32 Å². The third-order valence-electron chi connectivity index (χ3n) is 4.49. The van der Waals surface area contributed by atoms with E-state index in [4.69, 9.17) is 4.43 Å². The molecule has 3 nitrogen and oxygen atoms in total. The van der Waals surface area contributed by atoms with E-state index in [1.54, 1.807) is 0 Å². The summed E-state index contributed by atoms with van der Waals surface area (Å²) < 4.78 is 6.46. The van der Waals surface area contributed by atoms with E-state index in [0.29, 0.717) is 6.42 Å². The fourth-order valence-electron chi connectivity index (χ4n) is 2.25. The molecule has 0 spiro atoms. The molecule has 1 N–H and O–H groups in total. The number of rotatable bonds is 3. The topological polar surface area (TPSA) is 38.3 Å². The highest BCUT2D eigenvalue weighted by atomic mass is 28.4. The van der Waals surface area contributed by atoms with Crippen LogP contribution in [0.4, 0.5) is 0 Å². The first-order chi connectivity index (χ1) is 9.21. The van der Waals surface area contributed by atoms with Gasteiger partial charge in [-0.3, -0.25) is 4.79 Å². The number of hydrogen-bond acceptors (Lipinski definition) is 2. The molecular formula is C16H25NO2Si. The van der Waals surface area contributed by atoms with Crippen molar-refractivity contribution in [3.63, 3.8) is 0 Å². The molecule has 1 heterocycles. The van der Waals surface area contributed by atoms with Crippen molar-refractivity contribution in [1.82, 2.24) is 5.32 Å². The minimum Gasteiger partial charge on any atom is -0.411 e. The van der Waals surface area contributed by atoms with Gasteiger partial charge in [0.2, 0.25) is 5.91 Å². The second kappa shape index (κ2) is 5.33. The van der Waals surface area contributed by atoms with Crippen LogP contribution in [0.3, 0.4) is 0 Å². The number of amides is 1. The first-order valence-corrected chi connectivity index (χ1v) is 10.1. The molecule has 20 heavy (non-hydrogen) atoms. The predicted molar refractivity (Wildman–Crippen MR) is 84.0 cm³/mol. The van der Waals surface area contributed by atoms with Gasteiger partial charge in [0.1, 0.15) is 0 Å². The molecule has 1 aromatic rings. The van der Waals surface area contributed by atoms with Crippen LogP contribution in [0.2, 0.25) is 18.1 Å². The molecule has 110 valence electrons. The highest BCUT2D eigenvalue weighted by Gasteiger charge is 2.43. The summed E-state index contributed by atoms with van der Waals surface area (Å²) in [4.78, 5) is 11.8. The van der Waals surface area contributed by atoms with Gasteiger partial charge in [-0.05, 0) is 23.7 Å². The maximum absolute atomic E-state index is 11.8. The van der Waals surface area contributed by atoms with Gasteiger partial charge in [-0.2, -0.15) is 0 Å². The monoisotopic (exact) mass is 291 g/mol. The zero-order chi connectivity index (χ0) is 15.0. The maximum Gasteiger partial charge on any atom is 0.223 e. The Kier molecular flexibility index (Phi) is 4.07. The van der Waals surface area contributed by atoms with E-state index in [2.05, 4.69) is 51.3 Å². The van der Waals surface area contributed by atoms with Gasteiger partial charge >= 0.3 is 0 Å². The Labute approximate surface area is 122 Å². The molecular weight excluding hydrogens is 266 g/mol. The van der Waals surface area contributed by atoms with E-state index < -0.39 is 8.32 Å². The highest BCUT2D eigenvalue weighted by Crippen LogP contribution is 2.40. The maximum atomic E-state index is 11.8. The average molecular weight is 291 g/mol. The molecule has 0 bridgehead atoms. The van der Waals surface area contributed by atoms with Gasteiger partial charge in [0.25, 0.3) is 0 Å². The third-order valence-corrected chi connectivity index (χ3v) is 8.99. The zero-order valence-electron chi connectivity index (χ0n) is 13.1. The van der Waals surface area contributed by atoms with E-state index >= 15 is 0 Å². The zero-order valence-corrected chi connectivity index (χ0v) is 14.1. The fourth-order valence-corrected chi connectivity index (χ4v) is 3.58. The van der Waals surface area contributed by atoms with Crippen molar-refractivity contribution in [2.75, 3.05) is 0 Å². The van der Waals surface area contributed by atoms with Crippen LogP contribution < -0.4 is 5.32 Å². The smallest absolute Gasteiger partial charge is 0.223 e. The molecule has 1 aliphatic heterocycles. The SMILES string of the molecule is CC(C)(C)[Si](C)(C)O[C@@H]1CC(=O)N[C@@H]1c1ccccc1. The first-order valence-electron chi connectivity index (χ1n) is 7.23. The van der Waals surface area contributed by atoms with Gasteiger partial charge in [0.05, 0.1) is 18.6 Å². The van der Waals surface area contributed by atoms with Gasteiger partial charge in [-0.15, -0.1) is 0 Å². The third kappa shape index (κ3) is 3.12. The second-order valence-electron chi connectivity index (χ2n) is 7.08. The number of hydrogen-bond donors (Lipinski definition) is 1. The quantitative estimate of drug-likeness (QED) is 0.864. The Balaban J connectivity index is 2.20. The Morgan fingerprint density at radius 3 is 2.35 bits per heavy atom. The van der Waals surface area contributed by atoms with E-state index in [9.17, 15) is 4.79 Å². The van der Waals surface area contributed by atoms with E-state index in [1.807, 2.05) is 18.2 Å². The second-order valence-corrected chi connectivity index (χ2v) is 11.8. The summed E-state index contributed by atoms with van der Waals surface area (Å²) in [5.74, 6) is 0.0857. The minimum atomic E-state index is -1.87. The van der Waals surface area contributed by atoms with Crippen molar-refractivity contribution in [2.24, 2.45) is 0 Å². The normalized spacial score (nSPS) is 23.8. The lowest BCUT2D eigenvalue weighted by molar-refractivity contribution is -0.119. The van der Waals surface area contributed by atoms with Gasteiger partial charge < -0.3 is 9.74 Å². The predicted octanol–water partition coefficient (Wildman–Crippen LogP) is 3.64. The molecule has 1 aromatic carbocycles. The van der Waals surface area contributed by atoms with Crippen molar-refractivity contribution in [3.05, 3.63) is 35.9 Å². The molecule has 1 amide bonds. The lowest BCUT2D eigenvalue weighted by Crippen LogP contribution is -2.45. The van der Waals surface area contributed by atoms with Crippen molar-refractivity contribution in [2.45, 2.75) is 57.5 Å². The van der Waals surface area contributed by atoms with Crippen LogP contribution >= 0.6 is 0 Å². The molecule has 0 unspecified atom stereocenters. The summed E-state index contributed by atoms with van der Waals surface area (Å²) in [5, 5.41) is 3.21. The van der Waals surface area contributed by atoms with Crippen LogP contribution in [-0.4, -0.2) is 20.3 Å². The summed E-state index contributed by atoms with van der Waals surface area (Å²) >= 11 is 0. The summed E-state index contributed by atoms with van der Waals surface area (Å²) in [6.07, 6.45) is 0.414. The van der Waals surface area contributed by atoms with E-state index in [1.165, 1.54) is 0 Å². The molecule has 0 aromatic heterocycles. The summed E-state index contributed by atoms with van der Waals surface area (Å²) in [6.45, 7) is 11.1. The van der Waals surface area contributed by atoms with Gasteiger partial charge in [0, 0.05) is 0 Å². The Hall–Kier alpha value is -1.13. The summed E-state index contributed by atoms with van der Waals surface area (Å²) in [7, 11) is -1.87. The molecule has 0 aliphatic carbocycles. The van der Waals surface area contributed by atoms with Gasteiger partial charge in [-0.25, -0.2) is 0 Å². The van der Waals surface area contributed by atoms with Crippen LogP contribution in [0.1, 0.15) is 38.8 Å². The van der Waals surface area contributed by atoms with Crippen molar-refractivity contribution < 1.29 is 9.22 Å². The lowest BCUT2D eigenvalue weighted by Gasteiger charge is -2.39. The first kappa shape index (κ1) is 15.3. The van der Waals surface area contributed by atoms with Crippen molar-refractivity contribution in [1.29, 1.82) is 0 Å².